The molecule has 0 saturated heterocycles. The number of aromatic amines is 2. The quantitative estimate of drug-likeness (QED) is 0.441. The minimum absolute atomic E-state index is 0.255. The second-order valence-electron chi connectivity index (χ2n) is 5.39. The number of anilines is 1. The SMILES string of the molecule is CCOC(=O)c1c(C)[nH]c(/C(C)=N/Nc2nc(C)cc(=O)[nH]2)c1C. The lowest BCUT2D eigenvalue weighted by atomic mass is 10.1. The number of carbonyl (C=O) groups excluding carboxylic acids is 1. The fourth-order valence-electron chi connectivity index (χ4n) is 2.45. The number of nitrogens with zero attached hydrogens (tertiary/aromatic N) is 2. The fraction of sp³-hybridized carbons (Fsp3) is 0.375. The average Bonchev–Trinajstić information content (AvgIpc) is 2.79. The van der Waals surface area contributed by atoms with Crippen LogP contribution in [0.25, 0.3) is 0 Å². The van der Waals surface area contributed by atoms with Crippen molar-refractivity contribution in [3.05, 3.63) is 44.6 Å². The molecular formula is C16H21N5O3. The molecule has 0 aromatic carbocycles. The van der Waals surface area contributed by atoms with E-state index in [1.807, 2.05) is 13.8 Å². The summed E-state index contributed by atoms with van der Waals surface area (Å²) in [4.78, 5) is 33.3. The molecule has 2 aromatic heterocycles. The maximum Gasteiger partial charge on any atom is 0.340 e. The summed E-state index contributed by atoms with van der Waals surface area (Å²) in [5.41, 5.74) is 6.40. The van der Waals surface area contributed by atoms with Crippen molar-refractivity contribution in [3.8, 4) is 0 Å². The van der Waals surface area contributed by atoms with E-state index in [-0.39, 0.29) is 17.5 Å². The Morgan fingerprint density at radius 2 is 2.04 bits per heavy atom. The highest BCUT2D eigenvalue weighted by atomic mass is 16.5. The van der Waals surface area contributed by atoms with Gasteiger partial charge in [-0.1, -0.05) is 0 Å². The van der Waals surface area contributed by atoms with Gasteiger partial charge >= 0.3 is 5.97 Å². The van der Waals surface area contributed by atoms with Crippen LogP contribution in [-0.2, 0) is 4.74 Å². The van der Waals surface area contributed by atoms with Crippen LogP contribution in [0.1, 0.15) is 46.9 Å². The molecule has 0 aliphatic rings. The van der Waals surface area contributed by atoms with Crippen LogP contribution < -0.4 is 11.0 Å². The molecule has 0 saturated carbocycles. The number of hydrogen-bond donors (Lipinski definition) is 3. The Kier molecular flexibility index (Phi) is 5.18. The largest absolute Gasteiger partial charge is 0.462 e. The highest BCUT2D eigenvalue weighted by molar-refractivity contribution is 6.03. The number of hydrogen-bond acceptors (Lipinski definition) is 6. The molecule has 2 rings (SSSR count). The molecule has 8 nitrogen and oxygen atoms in total. The number of aromatic nitrogens is 3. The van der Waals surface area contributed by atoms with E-state index in [4.69, 9.17) is 4.74 Å². The molecule has 0 aliphatic carbocycles. The first-order chi connectivity index (χ1) is 11.3. The zero-order valence-corrected chi connectivity index (χ0v) is 14.4. The summed E-state index contributed by atoms with van der Waals surface area (Å²) in [6.07, 6.45) is 0. The van der Waals surface area contributed by atoms with Crippen molar-refractivity contribution in [2.75, 3.05) is 12.0 Å². The molecule has 0 unspecified atom stereocenters. The third-order valence-electron chi connectivity index (χ3n) is 3.48. The Morgan fingerprint density at radius 3 is 2.67 bits per heavy atom. The topological polar surface area (TPSA) is 112 Å². The van der Waals surface area contributed by atoms with Crippen LogP contribution in [0, 0.1) is 20.8 Å². The van der Waals surface area contributed by atoms with E-state index in [0.717, 1.165) is 17.0 Å². The molecule has 0 amide bonds. The second kappa shape index (κ2) is 7.12. The third kappa shape index (κ3) is 3.70. The van der Waals surface area contributed by atoms with E-state index in [1.54, 1.807) is 20.8 Å². The van der Waals surface area contributed by atoms with Gasteiger partial charge in [-0.05, 0) is 40.2 Å². The Hall–Kier alpha value is -2.90. The van der Waals surface area contributed by atoms with Gasteiger partial charge in [0.25, 0.3) is 5.56 Å². The van der Waals surface area contributed by atoms with Gasteiger partial charge in [-0.15, -0.1) is 0 Å². The molecular weight excluding hydrogens is 310 g/mol. The van der Waals surface area contributed by atoms with Gasteiger partial charge in [-0.25, -0.2) is 15.2 Å². The standard InChI is InChI=1S/C16H21N5O3/c1-6-24-15(23)13-9(3)14(18-10(13)4)11(5)20-21-16-17-8(2)7-12(22)19-16/h7,18H,6H2,1-5H3,(H2,17,19,21,22)/b20-11+. The summed E-state index contributed by atoms with van der Waals surface area (Å²) in [5, 5.41) is 4.22. The summed E-state index contributed by atoms with van der Waals surface area (Å²) in [6.45, 7) is 9.23. The maximum absolute atomic E-state index is 12.0. The predicted octanol–water partition coefficient (Wildman–Crippen LogP) is 2.04. The molecule has 0 aliphatic heterocycles. The van der Waals surface area contributed by atoms with Crippen LogP contribution in [0.3, 0.4) is 0 Å². The number of esters is 1. The smallest absolute Gasteiger partial charge is 0.340 e. The third-order valence-corrected chi connectivity index (χ3v) is 3.48. The van der Waals surface area contributed by atoms with E-state index >= 15 is 0 Å². The van der Waals surface area contributed by atoms with Crippen molar-refractivity contribution in [1.29, 1.82) is 0 Å². The van der Waals surface area contributed by atoms with Gasteiger partial charge in [0.05, 0.1) is 23.6 Å². The average molecular weight is 331 g/mol. The predicted molar refractivity (Wildman–Crippen MR) is 91.7 cm³/mol. The lowest BCUT2D eigenvalue weighted by Crippen LogP contribution is -2.11. The number of ether oxygens (including phenoxy) is 1. The van der Waals surface area contributed by atoms with Crippen molar-refractivity contribution in [3.63, 3.8) is 0 Å². The van der Waals surface area contributed by atoms with Gasteiger partial charge in [0.2, 0.25) is 5.95 Å². The first-order valence-electron chi connectivity index (χ1n) is 7.58. The van der Waals surface area contributed by atoms with Crippen LogP contribution in [0.15, 0.2) is 16.0 Å². The summed E-state index contributed by atoms with van der Waals surface area (Å²) >= 11 is 0. The monoisotopic (exact) mass is 331 g/mol. The van der Waals surface area contributed by atoms with Gasteiger partial charge in [0, 0.05) is 17.5 Å². The van der Waals surface area contributed by atoms with Crippen molar-refractivity contribution < 1.29 is 9.53 Å². The highest BCUT2D eigenvalue weighted by Crippen LogP contribution is 2.19. The minimum atomic E-state index is -0.361. The van der Waals surface area contributed by atoms with Gasteiger partial charge in [-0.2, -0.15) is 5.10 Å². The normalized spacial score (nSPS) is 11.5. The Bertz CT molecular complexity index is 848. The van der Waals surface area contributed by atoms with Crippen LogP contribution in [0.2, 0.25) is 0 Å². The van der Waals surface area contributed by atoms with E-state index in [9.17, 15) is 9.59 Å². The van der Waals surface area contributed by atoms with E-state index in [2.05, 4.69) is 25.5 Å². The van der Waals surface area contributed by atoms with Crippen molar-refractivity contribution in [1.82, 2.24) is 15.0 Å². The van der Waals surface area contributed by atoms with Gasteiger partial charge in [-0.3, -0.25) is 9.78 Å². The maximum atomic E-state index is 12.0. The van der Waals surface area contributed by atoms with E-state index < -0.39 is 0 Å². The molecule has 0 atom stereocenters. The zero-order valence-electron chi connectivity index (χ0n) is 14.4. The zero-order chi connectivity index (χ0) is 17.9. The molecule has 128 valence electrons. The number of aryl methyl sites for hydroxylation is 2. The number of H-pyrrole nitrogens is 2. The Balaban J connectivity index is 2.29. The summed E-state index contributed by atoms with van der Waals surface area (Å²) < 4.78 is 5.07. The number of rotatable bonds is 5. The summed E-state index contributed by atoms with van der Waals surface area (Å²) in [6, 6.07) is 1.39. The Morgan fingerprint density at radius 1 is 1.33 bits per heavy atom. The molecule has 3 N–H and O–H groups in total. The fourth-order valence-corrected chi connectivity index (χ4v) is 2.45. The molecule has 8 heteroatoms. The van der Waals surface area contributed by atoms with E-state index in [1.165, 1.54) is 6.07 Å². The molecule has 0 fully saturated rings. The Labute approximate surface area is 139 Å². The van der Waals surface area contributed by atoms with Crippen LogP contribution in [0.4, 0.5) is 5.95 Å². The van der Waals surface area contributed by atoms with Crippen molar-refractivity contribution >= 4 is 17.6 Å². The number of nitrogens with one attached hydrogen (secondary N) is 3. The van der Waals surface area contributed by atoms with Gasteiger partial charge < -0.3 is 9.72 Å². The van der Waals surface area contributed by atoms with Crippen LogP contribution >= 0.6 is 0 Å². The molecule has 0 bridgehead atoms. The number of hydrazone groups is 1. The number of carbonyl (C=O) groups is 1. The second-order valence-corrected chi connectivity index (χ2v) is 5.39. The van der Waals surface area contributed by atoms with Crippen LogP contribution in [0.5, 0.6) is 0 Å². The lowest BCUT2D eigenvalue weighted by molar-refractivity contribution is 0.0525. The molecule has 2 aromatic rings. The summed E-state index contributed by atoms with van der Waals surface area (Å²) in [5.74, 6) is -0.105. The molecule has 24 heavy (non-hydrogen) atoms. The molecule has 0 radical (unpaired) electrons. The van der Waals surface area contributed by atoms with Gasteiger partial charge in [0.1, 0.15) is 0 Å². The van der Waals surface area contributed by atoms with Crippen LogP contribution in [-0.4, -0.2) is 33.2 Å². The minimum Gasteiger partial charge on any atom is -0.462 e. The van der Waals surface area contributed by atoms with Crippen molar-refractivity contribution in [2.24, 2.45) is 5.10 Å². The first-order valence-corrected chi connectivity index (χ1v) is 7.58. The highest BCUT2D eigenvalue weighted by Gasteiger charge is 2.20. The molecule has 2 heterocycles. The summed E-state index contributed by atoms with van der Waals surface area (Å²) in [7, 11) is 0. The lowest BCUT2D eigenvalue weighted by Gasteiger charge is -2.04. The molecule has 0 spiro atoms. The van der Waals surface area contributed by atoms with Crippen molar-refractivity contribution in [2.45, 2.75) is 34.6 Å². The first kappa shape index (κ1) is 17.5. The van der Waals surface area contributed by atoms with Gasteiger partial charge in [0.15, 0.2) is 0 Å². The van der Waals surface area contributed by atoms with E-state index in [0.29, 0.717) is 23.6 Å².